The highest BCUT2D eigenvalue weighted by atomic mass is 35.5. The minimum Gasteiger partial charge on any atom is -0.487 e. The number of carbonyl (C=O) groups excluding carboxylic acids is 1. The van der Waals surface area contributed by atoms with Crippen molar-refractivity contribution < 1.29 is 17.9 Å². The Labute approximate surface area is 273 Å². The highest BCUT2D eigenvalue weighted by Gasteiger charge is 2.40. The molecule has 238 valence electrons. The quantitative estimate of drug-likeness (QED) is 0.214. The van der Waals surface area contributed by atoms with Crippen LogP contribution in [0.15, 0.2) is 60.0 Å². The number of aromatic nitrogens is 3. The van der Waals surface area contributed by atoms with E-state index in [2.05, 4.69) is 15.2 Å². The fourth-order valence-corrected chi connectivity index (χ4v) is 8.69. The van der Waals surface area contributed by atoms with Gasteiger partial charge in [0.05, 0.1) is 17.0 Å². The van der Waals surface area contributed by atoms with Crippen LogP contribution in [0.5, 0.6) is 5.75 Å². The minimum absolute atomic E-state index is 0.0253. The molecule has 2 fully saturated rings. The maximum absolute atomic E-state index is 13.9. The summed E-state index contributed by atoms with van der Waals surface area (Å²) in [7, 11) is -4.10. The lowest BCUT2D eigenvalue weighted by molar-refractivity contribution is -0.124. The van der Waals surface area contributed by atoms with Gasteiger partial charge in [-0.1, -0.05) is 35.3 Å². The third-order valence-electron chi connectivity index (χ3n) is 8.46. The maximum Gasteiger partial charge on any atom is 0.245 e. The first-order valence-corrected chi connectivity index (χ1v) is 17.4. The number of likely N-dealkylation sites (tertiary alicyclic amines) is 1. The van der Waals surface area contributed by atoms with Gasteiger partial charge in [-0.2, -0.15) is 4.31 Å². The lowest BCUT2D eigenvalue weighted by Crippen LogP contribution is -2.46. The van der Waals surface area contributed by atoms with Crippen LogP contribution in [0.2, 0.25) is 10.0 Å². The van der Waals surface area contributed by atoms with Gasteiger partial charge < -0.3 is 19.5 Å². The zero-order chi connectivity index (χ0) is 31.6. The van der Waals surface area contributed by atoms with Gasteiger partial charge in [-0.15, -0.1) is 0 Å². The number of benzene rings is 2. The molecule has 0 bridgehead atoms. The summed E-state index contributed by atoms with van der Waals surface area (Å²) in [5, 5.41) is 4.06. The summed E-state index contributed by atoms with van der Waals surface area (Å²) in [4.78, 5) is 24.3. The normalized spacial score (nSPS) is 17.7. The summed E-state index contributed by atoms with van der Waals surface area (Å²) in [6.07, 6.45) is 9.59. The van der Waals surface area contributed by atoms with Gasteiger partial charge in [-0.05, 0) is 82.9 Å². The molecular weight excluding hydrogens is 635 g/mol. The molecule has 2 aliphatic heterocycles. The van der Waals surface area contributed by atoms with E-state index in [4.69, 9.17) is 32.9 Å². The predicted octanol–water partition coefficient (Wildman–Crippen LogP) is 5.37. The van der Waals surface area contributed by atoms with Crippen molar-refractivity contribution in [3.8, 4) is 11.4 Å². The third-order valence-corrected chi connectivity index (χ3v) is 11.3. The fourth-order valence-electron chi connectivity index (χ4n) is 6.17. The number of carbonyl (C=O) groups is 1. The van der Waals surface area contributed by atoms with E-state index in [0.717, 1.165) is 42.8 Å². The molecule has 1 amide bonds. The summed E-state index contributed by atoms with van der Waals surface area (Å²) in [5.41, 5.74) is 2.67. The van der Waals surface area contributed by atoms with E-state index in [-0.39, 0.29) is 34.0 Å². The van der Waals surface area contributed by atoms with Crippen molar-refractivity contribution in [3.05, 3.63) is 76.4 Å². The van der Waals surface area contributed by atoms with E-state index in [1.807, 2.05) is 35.9 Å². The number of para-hydroxylation sites is 1. The fraction of sp³-hybridized carbons (Fsp3) is 0.406. The molecule has 0 radical (unpaired) electrons. The molecule has 2 aliphatic rings. The number of halogens is 2. The van der Waals surface area contributed by atoms with Gasteiger partial charge in [0.1, 0.15) is 28.8 Å². The van der Waals surface area contributed by atoms with Crippen LogP contribution in [-0.2, 0) is 21.4 Å². The molecule has 45 heavy (non-hydrogen) atoms. The van der Waals surface area contributed by atoms with Crippen LogP contribution in [0.25, 0.3) is 16.6 Å². The molecule has 2 aromatic heterocycles. The van der Waals surface area contributed by atoms with Crippen molar-refractivity contribution in [2.45, 2.75) is 56.6 Å². The molecule has 0 spiro atoms. The summed E-state index contributed by atoms with van der Waals surface area (Å²) in [6.45, 7) is 5.69. The zero-order valence-corrected chi connectivity index (χ0v) is 27.4. The number of aryl methyl sites for hydroxylation is 1. The molecule has 4 aromatic rings. The van der Waals surface area contributed by atoms with Crippen LogP contribution in [0.1, 0.15) is 43.4 Å². The number of sulfonamides is 1. The van der Waals surface area contributed by atoms with E-state index in [1.54, 1.807) is 18.6 Å². The van der Waals surface area contributed by atoms with Crippen LogP contribution in [0, 0.1) is 6.92 Å². The van der Waals surface area contributed by atoms with Gasteiger partial charge in [-0.3, -0.25) is 4.79 Å². The Bertz CT molecular complexity index is 1800. The molecule has 10 nitrogen and oxygen atoms in total. The number of amides is 1. The van der Waals surface area contributed by atoms with E-state index >= 15 is 0 Å². The molecule has 2 aromatic carbocycles. The van der Waals surface area contributed by atoms with E-state index in [1.165, 1.54) is 29.3 Å². The van der Waals surface area contributed by atoms with Gasteiger partial charge in [0.25, 0.3) is 0 Å². The van der Waals surface area contributed by atoms with Gasteiger partial charge in [0.2, 0.25) is 15.9 Å². The van der Waals surface area contributed by atoms with Crippen LogP contribution in [0.4, 0.5) is 0 Å². The molecule has 13 heteroatoms. The van der Waals surface area contributed by atoms with E-state index in [9.17, 15) is 13.2 Å². The summed E-state index contributed by atoms with van der Waals surface area (Å²) >= 11 is 13.3. The smallest absolute Gasteiger partial charge is 0.245 e. The molecule has 0 aliphatic carbocycles. The first-order valence-electron chi connectivity index (χ1n) is 15.2. The number of nitrogens with zero attached hydrogens (tertiary/aromatic N) is 5. The Morgan fingerprint density at radius 1 is 1.11 bits per heavy atom. The van der Waals surface area contributed by atoms with Gasteiger partial charge in [0.15, 0.2) is 0 Å². The maximum atomic E-state index is 13.9. The van der Waals surface area contributed by atoms with Crippen molar-refractivity contribution in [2.24, 2.45) is 0 Å². The molecule has 1 N–H and O–H groups in total. The Hall–Kier alpha value is -3.22. The second-order valence-electron chi connectivity index (χ2n) is 11.5. The molecule has 4 heterocycles. The Morgan fingerprint density at radius 2 is 1.93 bits per heavy atom. The number of rotatable bonds is 11. The highest BCUT2D eigenvalue weighted by Crippen LogP contribution is 2.37. The summed E-state index contributed by atoms with van der Waals surface area (Å²) in [5.74, 6) is 0.221. The van der Waals surface area contributed by atoms with Crippen molar-refractivity contribution >= 4 is 50.0 Å². The number of hydrogen-bond acceptors (Lipinski definition) is 7. The largest absolute Gasteiger partial charge is 0.487 e. The van der Waals surface area contributed by atoms with Crippen LogP contribution >= 0.6 is 23.2 Å². The number of nitrogens with one attached hydrogen (secondary N) is 1. The van der Waals surface area contributed by atoms with Crippen LogP contribution in [-0.4, -0.2) is 76.8 Å². The molecule has 0 saturated carbocycles. The number of hydrogen-bond donors (Lipinski definition) is 1. The van der Waals surface area contributed by atoms with Crippen molar-refractivity contribution in [1.29, 1.82) is 0 Å². The molecule has 6 rings (SSSR count). The lowest BCUT2D eigenvalue weighted by atomic mass is 10.1. The lowest BCUT2D eigenvalue weighted by Gasteiger charge is -2.25. The van der Waals surface area contributed by atoms with Gasteiger partial charge in [-0.25, -0.2) is 18.4 Å². The monoisotopic (exact) mass is 670 g/mol. The SMILES string of the molecule is Cc1cc(-n2ccnc2)c2cccc(OCc3c(Cl)ccc(S(=O)(=O)N4CCC[C@H]4C(=O)NCCCN4CCCC4)c3Cl)c2n1. The zero-order valence-electron chi connectivity index (χ0n) is 25.1. The number of imidazole rings is 1. The predicted molar refractivity (Wildman–Crippen MR) is 175 cm³/mol. The third kappa shape index (κ3) is 6.69. The second kappa shape index (κ2) is 13.6. The molecule has 0 unspecified atom stereocenters. The minimum atomic E-state index is -4.10. The van der Waals surface area contributed by atoms with Gasteiger partial charge in [0, 0.05) is 47.1 Å². The first kappa shape index (κ1) is 31.7. The average Bonchev–Trinajstić information content (AvgIpc) is 3.82. The molecule has 2 saturated heterocycles. The number of fused-ring (bicyclic) bond motifs is 1. The first-order chi connectivity index (χ1) is 21.7. The number of ether oxygens (including phenoxy) is 1. The van der Waals surface area contributed by atoms with E-state index < -0.39 is 16.1 Å². The summed E-state index contributed by atoms with van der Waals surface area (Å²) in [6, 6.07) is 9.70. The summed E-state index contributed by atoms with van der Waals surface area (Å²) < 4.78 is 37.2. The van der Waals surface area contributed by atoms with Crippen LogP contribution < -0.4 is 10.1 Å². The Balaban J connectivity index is 1.20. The Kier molecular flexibility index (Phi) is 9.62. The number of pyridine rings is 1. The second-order valence-corrected chi connectivity index (χ2v) is 14.1. The standard InChI is InChI=1S/C32H36Cl2N6O4S/c1-22-19-27(39-18-13-35-21-39)23-7-4-9-28(31(23)37-22)44-20-24-25(33)10-11-29(30(24)34)45(42,43)40-17-5-8-26(40)32(41)36-12-6-16-38-14-2-3-15-38/h4,7,9-11,13,18-19,21,26H,2-3,5-6,8,12,14-17,20H2,1H3,(H,36,41)/t26-/m0/s1. The van der Waals surface area contributed by atoms with Crippen molar-refractivity contribution in [3.63, 3.8) is 0 Å². The van der Waals surface area contributed by atoms with Crippen LogP contribution in [0.3, 0.4) is 0 Å². The van der Waals surface area contributed by atoms with Crippen molar-refractivity contribution in [1.82, 2.24) is 29.1 Å². The molecular formula is C32H36Cl2N6O4S. The van der Waals surface area contributed by atoms with E-state index in [0.29, 0.717) is 36.2 Å². The average molecular weight is 672 g/mol. The van der Waals surface area contributed by atoms with Gasteiger partial charge >= 0.3 is 0 Å². The molecule has 1 atom stereocenters. The topological polar surface area (TPSA) is 110 Å². The van der Waals surface area contributed by atoms with Crippen molar-refractivity contribution in [2.75, 3.05) is 32.7 Å². The Morgan fingerprint density at radius 3 is 2.71 bits per heavy atom. The highest BCUT2D eigenvalue weighted by molar-refractivity contribution is 7.89.